The van der Waals surface area contributed by atoms with Gasteiger partial charge < -0.3 is 4.74 Å². The minimum absolute atomic E-state index is 0.0692. The predicted molar refractivity (Wildman–Crippen MR) is 95.0 cm³/mol. The third-order valence-electron chi connectivity index (χ3n) is 3.41. The molecule has 4 nitrogen and oxygen atoms in total. The van der Waals surface area contributed by atoms with Gasteiger partial charge in [0.15, 0.2) is 10.9 Å². The number of carbonyl (C=O) groups excluding carboxylic acids is 1. The highest BCUT2D eigenvalue weighted by Gasteiger charge is 2.32. The first-order chi connectivity index (χ1) is 12.9. The molecule has 0 saturated carbocycles. The lowest BCUT2D eigenvalue weighted by atomic mass is 10.1. The standard InChI is InChI=1S/C19H13F3N2O2S/c20-19(21,22)17-10-11-23-18(24-17)27-12-16(25)13-6-8-15(9-7-13)26-14-4-2-1-3-5-14/h1-11H,12H2. The molecule has 0 aliphatic carbocycles. The molecule has 0 spiro atoms. The molecule has 0 aliphatic heterocycles. The molecule has 0 amide bonds. The Labute approximate surface area is 157 Å². The van der Waals surface area contributed by atoms with E-state index in [1.165, 1.54) is 0 Å². The largest absolute Gasteiger partial charge is 0.457 e. The van der Waals surface area contributed by atoms with E-state index in [1.54, 1.807) is 24.3 Å². The normalized spacial score (nSPS) is 11.2. The Morgan fingerprint density at radius 1 is 0.963 bits per heavy atom. The molecular formula is C19H13F3N2O2S. The number of benzene rings is 2. The van der Waals surface area contributed by atoms with Crippen molar-refractivity contribution < 1.29 is 22.7 Å². The molecule has 138 valence electrons. The van der Waals surface area contributed by atoms with E-state index < -0.39 is 11.9 Å². The summed E-state index contributed by atoms with van der Waals surface area (Å²) in [7, 11) is 0. The molecule has 0 aliphatic rings. The highest BCUT2D eigenvalue weighted by Crippen LogP contribution is 2.28. The van der Waals surface area contributed by atoms with Crippen LogP contribution >= 0.6 is 11.8 Å². The molecule has 0 saturated heterocycles. The topological polar surface area (TPSA) is 52.1 Å². The average molecular weight is 390 g/mol. The van der Waals surface area contributed by atoms with Crippen LogP contribution in [0.2, 0.25) is 0 Å². The van der Waals surface area contributed by atoms with Crippen molar-refractivity contribution in [3.05, 3.63) is 78.1 Å². The van der Waals surface area contributed by atoms with E-state index in [9.17, 15) is 18.0 Å². The van der Waals surface area contributed by atoms with Gasteiger partial charge in [0.1, 0.15) is 17.2 Å². The van der Waals surface area contributed by atoms with Crippen LogP contribution in [0.1, 0.15) is 16.1 Å². The van der Waals surface area contributed by atoms with Crippen molar-refractivity contribution in [1.29, 1.82) is 0 Å². The molecule has 3 aromatic rings. The quantitative estimate of drug-likeness (QED) is 0.326. The molecule has 0 radical (unpaired) electrons. The number of halogens is 3. The van der Waals surface area contributed by atoms with E-state index >= 15 is 0 Å². The maximum Gasteiger partial charge on any atom is 0.433 e. The first kappa shape index (κ1) is 18.9. The lowest BCUT2D eigenvalue weighted by Gasteiger charge is -2.07. The van der Waals surface area contributed by atoms with Gasteiger partial charge in [-0.1, -0.05) is 30.0 Å². The summed E-state index contributed by atoms with van der Waals surface area (Å²) in [4.78, 5) is 19.4. The number of hydrogen-bond acceptors (Lipinski definition) is 5. The number of para-hydroxylation sites is 1. The van der Waals surface area contributed by atoms with Gasteiger partial charge in [-0.25, -0.2) is 9.97 Å². The zero-order valence-electron chi connectivity index (χ0n) is 13.8. The van der Waals surface area contributed by atoms with Gasteiger partial charge in [-0.05, 0) is 42.5 Å². The number of ketones is 1. The van der Waals surface area contributed by atoms with Gasteiger partial charge in [0.05, 0.1) is 5.75 Å². The van der Waals surface area contributed by atoms with Crippen LogP contribution in [0.15, 0.2) is 72.0 Å². The minimum atomic E-state index is -4.54. The smallest absolute Gasteiger partial charge is 0.433 e. The average Bonchev–Trinajstić information content (AvgIpc) is 2.67. The summed E-state index contributed by atoms with van der Waals surface area (Å²) in [6.07, 6.45) is -3.52. The van der Waals surface area contributed by atoms with Gasteiger partial charge in [0.2, 0.25) is 0 Å². The molecule has 0 unspecified atom stereocenters. The van der Waals surface area contributed by atoms with Crippen molar-refractivity contribution in [3.63, 3.8) is 0 Å². The monoisotopic (exact) mass is 390 g/mol. The van der Waals surface area contributed by atoms with Crippen molar-refractivity contribution in [1.82, 2.24) is 9.97 Å². The van der Waals surface area contributed by atoms with Crippen LogP contribution in [-0.4, -0.2) is 21.5 Å². The Morgan fingerprint density at radius 3 is 2.30 bits per heavy atom. The van der Waals surface area contributed by atoms with Gasteiger partial charge in [0.25, 0.3) is 0 Å². The first-order valence-corrected chi connectivity index (χ1v) is 8.79. The summed E-state index contributed by atoms with van der Waals surface area (Å²) in [5, 5.41) is -0.0952. The van der Waals surface area contributed by atoms with Crippen molar-refractivity contribution in [2.24, 2.45) is 0 Å². The number of aromatic nitrogens is 2. The molecule has 27 heavy (non-hydrogen) atoms. The fourth-order valence-corrected chi connectivity index (χ4v) is 2.84. The second-order valence-corrected chi connectivity index (χ2v) is 6.32. The number of ether oxygens (including phenoxy) is 1. The minimum Gasteiger partial charge on any atom is -0.457 e. The highest BCUT2D eigenvalue weighted by atomic mass is 32.2. The lowest BCUT2D eigenvalue weighted by molar-refractivity contribution is -0.141. The van der Waals surface area contributed by atoms with E-state index in [1.807, 2.05) is 30.3 Å². The SMILES string of the molecule is O=C(CSc1nccc(C(F)(F)F)n1)c1ccc(Oc2ccccc2)cc1. The second kappa shape index (κ2) is 8.22. The Bertz CT molecular complexity index is 916. The van der Waals surface area contributed by atoms with E-state index in [-0.39, 0.29) is 16.7 Å². The van der Waals surface area contributed by atoms with E-state index in [0.29, 0.717) is 17.1 Å². The third-order valence-corrected chi connectivity index (χ3v) is 4.27. The molecular weight excluding hydrogens is 377 g/mol. The number of Topliss-reactive ketones (excluding diaryl/α,β-unsaturated/α-hetero) is 1. The fourth-order valence-electron chi connectivity index (χ4n) is 2.12. The Morgan fingerprint density at radius 2 is 1.63 bits per heavy atom. The highest BCUT2D eigenvalue weighted by molar-refractivity contribution is 7.99. The summed E-state index contributed by atoms with van der Waals surface area (Å²) in [5.41, 5.74) is -0.607. The molecule has 3 rings (SSSR count). The summed E-state index contributed by atoms with van der Waals surface area (Å²) >= 11 is 0.857. The fraction of sp³-hybridized carbons (Fsp3) is 0.105. The second-order valence-electron chi connectivity index (χ2n) is 5.37. The van der Waals surface area contributed by atoms with Gasteiger partial charge in [-0.3, -0.25) is 4.79 Å². The molecule has 0 atom stereocenters. The van der Waals surface area contributed by atoms with Crippen LogP contribution in [0.25, 0.3) is 0 Å². The molecule has 1 heterocycles. The van der Waals surface area contributed by atoms with Crippen LogP contribution in [-0.2, 0) is 6.18 Å². The zero-order chi connectivity index (χ0) is 19.3. The van der Waals surface area contributed by atoms with Crippen LogP contribution in [0.3, 0.4) is 0 Å². The maximum atomic E-state index is 12.6. The van der Waals surface area contributed by atoms with Gasteiger partial charge >= 0.3 is 6.18 Å². The molecule has 0 N–H and O–H groups in total. The third kappa shape index (κ3) is 5.30. The van der Waals surface area contributed by atoms with E-state index in [2.05, 4.69) is 9.97 Å². The number of rotatable bonds is 6. The number of hydrogen-bond donors (Lipinski definition) is 0. The molecule has 2 aromatic carbocycles. The summed E-state index contributed by atoms with van der Waals surface area (Å²) in [6.45, 7) is 0. The van der Waals surface area contributed by atoms with Gasteiger partial charge in [-0.15, -0.1) is 0 Å². The zero-order valence-corrected chi connectivity index (χ0v) is 14.6. The van der Waals surface area contributed by atoms with Gasteiger partial charge in [-0.2, -0.15) is 13.2 Å². The Hall–Kier alpha value is -2.87. The summed E-state index contributed by atoms with van der Waals surface area (Å²) < 4.78 is 43.6. The molecule has 0 bridgehead atoms. The van der Waals surface area contributed by atoms with E-state index in [0.717, 1.165) is 24.0 Å². The van der Waals surface area contributed by atoms with Crippen LogP contribution in [0.4, 0.5) is 13.2 Å². The van der Waals surface area contributed by atoms with Crippen molar-refractivity contribution >= 4 is 17.5 Å². The molecule has 1 aromatic heterocycles. The van der Waals surface area contributed by atoms with Gasteiger partial charge in [0, 0.05) is 11.8 Å². The summed E-state index contributed by atoms with van der Waals surface area (Å²) in [6, 6.07) is 16.5. The van der Waals surface area contributed by atoms with Crippen molar-refractivity contribution in [2.45, 2.75) is 11.3 Å². The predicted octanol–water partition coefficient (Wildman–Crippen LogP) is 5.26. The lowest BCUT2D eigenvalue weighted by Crippen LogP contribution is -2.09. The summed E-state index contributed by atoms with van der Waals surface area (Å²) in [5.74, 6) is 0.938. The molecule has 8 heteroatoms. The number of alkyl halides is 3. The number of carbonyl (C=O) groups is 1. The number of nitrogens with zero attached hydrogens (tertiary/aromatic N) is 2. The Balaban J connectivity index is 1.60. The maximum absolute atomic E-state index is 12.6. The van der Waals surface area contributed by atoms with Crippen molar-refractivity contribution in [2.75, 3.05) is 5.75 Å². The first-order valence-electron chi connectivity index (χ1n) is 7.81. The van der Waals surface area contributed by atoms with Crippen LogP contribution in [0.5, 0.6) is 11.5 Å². The number of thioether (sulfide) groups is 1. The van der Waals surface area contributed by atoms with Crippen LogP contribution < -0.4 is 4.74 Å². The molecule has 0 fully saturated rings. The van der Waals surface area contributed by atoms with Crippen LogP contribution in [0, 0.1) is 0 Å². The Kier molecular flexibility index (Phi) is 5.75. The van der Waals surface area contributed by atoms with Crippen molar-refractivity contribution in [3.8, 4) is 11.5 Å². The van der Waals surface area contributed by atoms with E-state index in [4.69, 9.17) is 4.74 Å².